The highest BCUT2D eigenvalue weighted by atomic mass is 79.9. The number of rotatable bonds is 8. The second-order valence-corrected chi connectivity index (χ2v) is 5.14. The summed E-state index contributed by atoms with van der Waals surface area (Å²) in [6.07, 6.45) is 1.87. The van der Waals surface area contributed by atoms with E-state index in [1.165, 1.54) is 6.07 Å². The molecule has 0 saturated carbocycles. The summed E-state index contributed by atoms with van der Waals surface area (Å²) in [5.74, 6) is -0.221. The molecule has 1 aromatic carbocycles. The lowest BCUT2D eigenvalue weighted by Gasteiger charge is -2.18. The van der Waals surface area contributed by atoms with Gasteiger partial charge < -0.3 is 10.1 Å². The van der Waals surface area contributed by atoms with Gasteiger partial charge in [0, 0.05) is 12.6 Å². The Morgan fingerprint density at radius 3 is 2.78 bits per heavy atom. The van der Waals surface area contributed by atoms with Crippen molar-refractivity contribution in [3.8, 4) is 0 Å². The predicted molar refractivity (Wildman–Crippen MR) is 76.4 cm³/mol. The van der Waals surface area contributed by atoms with Gasteiger partial charge in [0.15, 0.2) is 0 Å². The van der Waals surface area contributed by atoms with Gasteiger partial charge in [0.05, 0.1) is 11.1 Å². The topological polar surface area (TPSA) is 21.3 Å². The molecule has 4 heteroatoms. The minimum atomic E-state index is -0.221. The summed E-state index contributed by atoms with van der Waals surface area (Å²) >= 11 is 3.21. The molecule has 1 aromatic rings. The molecule has 0 aromatic heterocycles. The van der Waals surface area contributed by atoms with Gasteiger partial charge in [-0.3, -0.25) is 0 Å². The monoisotopic (exact) mass is 317 g/mol. The summed E-state index contributed by atoms with van der Waals surface area (Å²) < 4.78 is 19.2. The van der Waals surface area contributed by atoms with Gasteiger partial charge >= 0.3 is 0 Å². The summed E-state index contributed by atoms with van der Waals surface area (Å²) in [4.78, 5) is 0. The predicted octanol–water partition coefficient (Wildman–Crippen LogP) is 3.54. The third-order valence-electron chi connectivity index (χ3n) is 2.63. The van der Waals surface area contributed by atoms with Crippen LogP contribution >= 0.6 is 15.9 Å². The van der Waals surface area contributed by atoms with Crippen molar-refractivity contribution in [3.63, 3.8) is 0 Å². The van der Waals surface area contributed by atoms with E-state index < -0.39 is 0 Å². The highest BCUT2D eigenvalue weighted by Crippen LogP contribution is 2.17. The number of hydrogen-bond donors (Lipinski definition) is 1. The molecule has 0 aliphatic heterocycles. The van der Waals surface area contributed by atoms with Crippen LogP contribution in [0.1, 0.15) is 25.8 Å². The maximum Gasteiger partial charge on any atom is 0.137 e. The van der Waals surface area contributed by atoms with Crippen molar-refractivity contribution in [3.05, 3.63) is 34.1 Å². The Balaban J connectivity index is 2.55. The van der Waals surface area contributed by atoms with E-state index in [4.69, 9.17) is 4.74 Å². The first-order valence-corrected chi connectivity index (χ1v) is 7.21. The van der Waals surface area contributed by atoms with Gasteiger partial charge in [-0.2, -0.15) is 0 Å². The zero-order chi connectivity index (χ0) is 13.4. The van der Waals surface area contributed by atoms with Crippen LogP contribution in [0.5, 0.6) is 0 Å². The number of nitrogens with one attached hydrogen (secondary N) is 1. The molecule has 1 rings (SSSR count). The summed E-state index contributed by atoms with van der Waals surface area (Å²) in [5.41, 5.74) is 1.11. The SMILES string of the molecule is CCCOCC(Cc1ccc(F)c(Br)c1)NCC. The molecule has 0 amide bonds. The van der Waals surface area contributed by atoms with Crippen molar-refractivity contribution < 1.29 is 9.13 Å². The first-order chi connectivity index (χ1) is 8.67. The fourth-order valence-corrected chi connectivity index (χ4v) is 2.23. The molecular weight excluding hydrogens is 297 g/mol. The fraction of sp³-hybridized carbons (Fsp3) is 0.571. The quantitative estimate of drug-likeness (QED) is 0.740. The number of halogens is 2. The van der Waals surface area contributed by atoms with E-state index in [0.29, 0.717) is 11.1 Å². The Hall–Kier alpha value is -0.450. The molecule has 18 heavy (non-hydrogen) atoms. The highest BCUT2D eigenvalue weighted by Gasteiger charge is 2.10. The molecule has 0 fully saturated rings. The fourth-order valence-electron chi connectivity index (χ4n) is 1.80. The van der Waals surface area contributed by atoms with Gasteiger partial charge in [0.25, 0.3) is 0 Å². The second-order valence-electron chi connectivity index (χ2n) is 4.28. The van der Waals surface area contributed by atoms with E-state index in [-0.39, 0.29) is 11.9 Å². The van der Waals surface area contributed by atoms with Crippen LogP contribution in [-0.4, -0.2) is 25.8 Å². The molecule has 0 aliphatic rings. The van der Waals surface area contributed by atoms with Gasteiger partial charge in [0.1, 0.15) is 5.82 Å². The molecule has 0 radical (unpaired) electrons. The van der Waals surface area contributed by atoms with Crippen LogP contribution < -0.4 is 5.32 Å². The summed E-state index contributed by atoms with van der Waals surface area (Å²) in [6.45, 7) is 6.56. The van der Waals surface area contributed by atoms with Gasteiger partial charge in [0.2, 0.25) is 0 Å². The Kier molecular flexibility index (Phi) is 7.47. The van der Waals surface area contributed by atoms with Crippen LogP contribution in [-0.2, 0) is 11.2 Å². The maximum absolute atomic E-state index is 13.1. The normalized spacial score (nSPS) is 12.7. The summed E-state index contributed by atoms with van der Waals surface area (Å²) in [6, 6.07) is 5.43. The zero-order valence-electron chi connectivity index (χ0n) is 11.0. The lowest BCUT2D eigenvalue weighted by Crippen LogP contribution is -2.35. The van der Waals surface area contributed by atoms with E-state index in [0.717, 1.165) is 31.6 Å². The molecule has 2 nitrogen and oxygen atoms in total. The van der Waals surface area contributed by atoms with Gasteiger partial charge in [-0.25, -0.2) is 4.39 Å². The molecule has 1 N–H and O–H groups in total. The van der Waals surface area contributed by atoms with Gasteiger partial charge in [-0.1, -0.05) is 19.9 Å². The van der Waals surface area contributed by atoms with Crippen LogP contribution in [0.4, 0.5) is 4.39 Å². The Bertz CT molecular complexity index is 360. The van der Waals surface area contributed by atoms with Crippen LogP contribution in [0, 0.1) is 5.82 Å². The standard InChI is InChI=1S/C14H21BrFNO/c1-3-7-18-10-12(17-4-2)8-11-5-6-14(16)13(15)9-11/h5-6,9,12,17H,3-4,7-8,10H2,1-2H3. The third kappa shape index (κ3) is 5.46. The minimum Gasteiger partial charge on any atom is -0.380 e. The minimum absolute atomic E-state index is 0.221. The number of benzene rings is 1. The number of hydrogen-bond acceptors (Lipinski definition) is 2. The molecule has 0 aliphatic carbocycles. The second kappa shape index (κ2) is 8.62. The first kappa shape index (κ1) is 15.6. The van der Waals surface area contributed by atoms with Gasteiger partial charge in [-0.15, -0.1) is 0 Å². The zero-order valence-corrected chi connectivity index (χ0v) is 12.6. The van der Waals surface area contributed by atoms with Crippen molar-refractivity contribution in [1.82, 2.24) is 5.32 Å². The van der Waals surface area contributed by atoms with Crippen molar-refractivity contribution in [2.75, 3.05) is 19.8 Å². The smallest absolute Gasteiger partial charge is 0.137 e. The summed E-state index contributed by atoms with van der Waals surface area (Å²) in [5, 5.41) is 3.39. The summed E-state index contributed by atoms with van der Waals surface area (Å²) in [7, 11) is 0. The van der Waals surface area contributed by atoms with Crippen LogP contribution in [0.25, 0.3) is 0 Å². The van der Waals surface area contributed by atoms with E-state index in [9.17, 15) is 4.39 Å². The molecule has 0 spiro atoms. The molecule has 1 unspecified atom stereocenters. The Morgan fingerprint density at radius 2 is 2.17 bits per heavy atom. The lowest BCUT2D eigenvalue weighted by molar-refractivity contribution is 0.112. The number of likely N-dealkylation sites (N-methyl/N-ethyl adjacent to an activating group) is 1. The van der Waals surface area contributed by atoms with Crippen LogP contribution in [0.3, 0.4) is 0 Å². The molecule has 0 bridgehead atoms. The highest BCUT2D eigenvalue weighted by molar-refractivity contribution is 9.10. The molecule has 1 atom stereocenters. The van der Waals surface area contributed by atoms with E-state index in [1.54, 1.807) is 0 Å². The van der Waals surface area contributed by atoms with E-state index in [2.05, 4.69) is 35.1 Å². The largest absolute Gasteiger partial charge is 0.380 e. The van der Waals surface area contributed by atoms with Crippen molar-refractivity contribution in [1.29, 1.82) is 0 Å². The van der Waals surface area contributed by atoms with Gasteiger partial charge in [-0.05, 0) is 53.0 Å². The van der Waals surface area contributed by atoms with Crippen molar-refractivity contribution in [2.24, 2.45) is 0 Å². The van der Waals surface area contributed by atoms with Crippen molar-refractivity contribution in [2.45, 2.75) is 32.7 Å². The van der Waals surface area contributed by atoms with E-state index >= 15 is 0 Å². The molecular formula is C14H21BrFNO. The average Bonchev–Trinajstić information content (AvgIpc) is 2.34. The van der Waals surface area contributed by atoms with E-state index in [1.807, 2.05) is 12.1 Å². The average molecular weight is 318 g/mol. The molecule has 0 saturated heterocycles. The molecule has 0 heterocycles. The number of ether oxygens (including phenoxy) is 1. The van der Waals surface area contributed by atoms with Crippen LogP contribution in [0.2, 0.25) is 0 Å². The molecule has 102 valence electrons. The van der Waals surface area contributed by atoms with Crippen molar-refractivity contribution >= 4 is 15.9 Å². The third-order valence-corrected chi connectivity index (χ3v) is 3.23. The lowest BCUT2D eigenvalue weighted by atomic mass is 10.1. The van der Waals surface area contributed by atoms with Crippen LogP contribution in [0.15, 0.2) is 22.7 Å². The maximum atomic E-state index is 13.1. The Labute approximate surface area is 117 Å². The Morgan fingerprint density at radius 1 is 1.39 bits per heavy atom. The first-order valence-electron chi connectivity index (χ1n) is 6.42.